The average Bonchev–Trinajstić information content (AvgIpc) is 3.15. The van der Waals surface area contributed by atoms with E-state index in [1.807, 2.05) is 23.6 Å². The highest BCUT2D eigenvalue weighted by Gasteiger charge is 2.28. The van der Waals surface area contributed by atoms with E-state index in [1.54, 1.807) is 24.5 Å². The number of hydrogen-bond acceptors (Lipinski definition) is 6. The van der Waals surface area contributed by atoms with Gasteiger partial charge in [0.2, 0.25) is 5.88 Å². The molecule has 0 radical (unpaired) electrons. The molecule has 7 nitrogen and oxygen atoms in total. The van der Waals surface area contributed by atoms with Crippen molar-refractivity contribution < 1.29 is 19.7 Å². The zero-order valence-corrected chi connectivity index (χ0v) is 16.4. The lowest BCUT2D eigenvalue weighted by Gasteiger charge is -2.30. The maximum Gasteiger partial charge on any atom is 0.411 e. The molecule has 0 saturated heterocycles. The van der Waals surface area contributed by atoms with E-state index in [0.29, 0.717) is 23.8 Å². The van der Waals surface area contributed by atoms with Crippen LogP contribution >= 0.6 is 11.3 Å². The summed E-state index contributed by atoms with van der Waals surface area (Å²) in [7, 11) is 0. The first kappa shape index (κ1) is 18.8. The molecule has 0 atom stereocenters. The molecule has 28 heavy (non-hydrogen) atoms. The third-order valence-corrected chi connectivity index (χ3v) is 6.17. The molecule has 3 N–H and O–H groups in total. The monoisotopic (exact) mass is 401 g/mol. The highest BCUT2D eigenvalue weighted by molar-refractivity contribution is 7.10. The average molecular weight is 401 g/mol. The highest BCUT2D eigenvalue weighted by atomic mass is 32.1. The van der Waals surface area contributed by atoms with Gasteiger partial charge in [-0.15, -0.1) is 11.3 Å². The fraction of sp³-hybridized carbons (Fsp3) is 0.400. The summed E-state index contributed by atoms with van der Waals surface area (Å²) >= 11 is 1.55. The summed E-state index contributed by atoms with van der Waals surface area (Å²) in [5.41, 5.74) is 3.11. The molecular weight excluding hydrogens is 378 g/mol. The minimum atomic E-state index is -0.973. The molecule has 2 aromatic rings. The number of rotatable bonds is 4. The molecule has 2 aromatic heterocycles. The second kappa shape index (κ2) is 7.81. The number of carbonyl (C=O) groups is 1. The van der Waals surface area contributed by atoms with Gasteiger partial charge in [0.05, 0.1) is 18.3 Å². The Kier molecular flexibility index (Phi) is 5.23. The number of carboxylic acid groups (broad SMARTS) is 1. The van der Waals surface area contributed by atoms with Crippen molar-refractivity contribution >= 4 is 28.8 Å². The number of nitrogens with zero attached hydrogens (tertiary/aromatic N) is 2. The van der Waals surface area contributed by atoms with Gasteiger partial charge in [-0.3, -0.25) is 4.90 Å². The molecule has 0 aromatic carbocycles. The third-order valence-electron chi connectivity index (χ3n) is 5.27. The molecule has 8 heteroatoms. The Balaban J connectivity index is 1.62. The Morgan fingerprint density at radius 1 is 1.32 bits per heavy atom. The first-order valence-electron chi connectivity index (χ1n) is 9.37. The van der Waals surface area contributed by atoms with Gasteiger partial charge < -0.3 is 20.3 Å². The molecule has 0 bridgehead atoms. The van der Waals surface area contributed by atoms with Gasteiger partial charge >= 0.3 is 6.09 Å². The van der Waals surface area contributed by atoms with Crippen LogP contribution < -0.4 is 10.1 Å². The summed E-state index contributed by atoms with van der Waals surface area (Å²) in [5, 5.41) is 24.6. The van der Waals surface area contributed by atoms with Gasteiger partial charge in [-0.25, -0.2) is 9.78 Å². The Morgan fingerprint density at radius 3 is 2.86 bits per heavy atom. The predicted octanol–water partition coefficient (Wildman–Crippen LogP) is 4.12. The minimum Gasteiger partial charge on any atom is -0.473 e. The normalized spacial score (nSPS) is 22.0. The minimum absolute atomic E-state index is 0.0208. The molecule has 0 spiro atoms. The number of fused-ring (bicyclic) bond motifs is 1. The second-order valence-electron chi connectivity index (χ2n) is 7.12. The molecule has 3 heterocycles. The van der Waals surface area contributed by atoms with Crippen LogP contribution in [0.2, 0.25) is 0 Å². The molecular formula is C20H23N3O4S. The number of amides is 1. The van der Waals surface area contributed by atoms with Crippen LogP contribution in [0.1, 0.15) is 43.0 Å². The first-order chi connectivity index (χ1) is 13.5. The second-order valence-corrected chi connectivity index (χ2v) is 8.12. The number of aliphatic hydroxyl groups excluding tert-OH is 1. The summed E-state index contributed by atoms with van der Waals surface area (Å²) in [6, 6.07) is 5.71. The maximum atomic E-state index is 11.7. The van der Waals surface area contributed by atoms with Gasteiger partial charge in [-0.05, 0) is 56.2 Å². The topological polar surface area (TPSA) is 94.9 Å². The van der Waals surface area contributed by atoms with Crippen LogP contribution in [-0.4, -0.2) is 38.4 Å². The van der Waals surface area contributed by atoms with E-state index in [1.165, 1.54) is 4.90 Å². The van der Waals surface area contributed by atoms with Crippen molar-refractivity contribution in [3.8, 4) is 5.88 Å². The van der Waals surface area contributed by atoms with Crippen LogP contribution in [0, 0.1) is 0 Å². The van der Waals surface area contributed by atoms with Crippen molar-refractivity contribution in [2.24, 2.45) is 0 Å². The van der Waals surface area contributed by atoms with E-state index in [4.69, 9.17) is 4.74 Å². The van der Waals surface area contributed by atoms with Crippen molar-refractivity contribution in [2.75, 3.05) is 5.32 Å². The van der Waals surface area contributed by atoms with Gasteiger partial charge in [0.15, 0.2) is 0 Å². The van der Waals surface area contributed by atoms with Gasteiger partial charge in [0.1, 0.15) is 11.8 Å². The molecule has 4 rings (SSSR count). The predicted molar refractivity (Wildman–Crippen MR) is 107 cm³/mol. The Morgan fingerprint density at radius 2 is 2.11 bits per heavy atom. The lowest BCUT2D eigenvalue weighted by molar-refractivity contribution is 0.0647. The summed E-state index contributed by atoms with van der Waals surface area (Å²) in [6.45, 7) is 2.16. The zero-order valence-electron chi connectivity index (χ0n) is 15.6. The molecule has 148 valence electrons. The Hall–Kier alpha value is -2.58. The number of anilines is 1. The molecule has 1 aliphatic heterocycles. The fourth-order valence-corrected chi connectivity index (χ4v) is 4.55. The highest BCUT2D eigenvalue weighted by Crippen LogP contribution is 2.37. The van der Waals surface area contributed by atoms with Crippen LogP contribution in [-0.2, 0) is 6.54 Å². The number of allylic oxidation sites excluding steroid dienone is 1. The summed E-state index contributed by atoms with van der Waals surface area (Å²) < 4.78 is 6.12. The number of aliphatic hydroxyl groups is 1. The van der Waals surface area contributed by atoms with E-state index in [9.17, 15) is 15.0 Å². The summed E-state index contributed by atoms with van der Waals surface area (Å²) in [5.74, 6) is 0.494. The maximum absolute atomic E-state index is 11.7. The number of aromatic nitrogens is 1. The number of hydrogen-bond donors (Lipinski definition) is 3. The molecule has 1 saturated carbocycles. The van der Waals surface area contributed by atoms with E-state index in [0.717, 1.165) is 41.8 Å². The fourth-order valence-electron chi connectivity index (χ4n) is 3.68. The first-order valence-corrected chi connectivity index (χ1v) is 10.3. The Bertz CT molecular complexity index is 902. The Labute approximate surface area is 167 Å². The molecule has 1 amide bonds. The quantitative estimate of drug-likeness (QED) is 0.713. The standard InChI is InChI=1S/C20H23N3O4S/c1-12-18(15-8-10-28-17(15)11-23(12)20(25)26)22-16-3-2-9-21-19(16)27-14-6-4-13(24)5-7-14/h2-3,8-10,13-14,22,24H,4-7,11H2,1H3,(H,25,26). The number of pyridine rings is 1. The van der Waals surface area contributed by atoms with Crippen LogP contribution in [0.15, 0.2) is 35.5 Å². The SMILES string of the molecule is CC1=C(Nc2cccnc2OC2CCC(O)CC2)c2ccsc2CN1C(=O)O. The number of thiophene rings is 1. The molecule has 1 aliphatic carbocycles. The smallest absolute Gasteiger partial charge is 0.411 e. The summed E-state index contributed by atoms with van der Waals surface area (Å²) in [6.07, 6.45) is 3.54. The van der Waals surface area contributed by atoms with Gasteiger partial charge in [-0.2, -0.15) is 0 Å². The zero-order chi connectivity index (χ0) is 19.7. The molecule has 0 unspecified atom stereocenters. The van der Waals surface area contributed by atoms with E-state index < -0.39 is 6.09 Å². The lowest BCUT2D eigenvalue weighted by atomic mass is 9.95. The number of nitrogens with one attached hydrogen (secondary N) is 1. The van der Waals surface area contributed by atoms with E-state index in [-0.39, 0.29) is 12.2 Å². The largest absolute Gasteiger partial charge is 0.473 e. The van der Waals surface area contributed by atoms with E-state index >= 15 is 0 Å². The van der Waals surface area contributed by atoms with E-state index in [2.05, 4.69) is 10.3 Å². The van der Waals surface area contributed by atoms with Crippen molar-refractivity contribution in [1.29, 1.82) is 0 Å². The third kappa shape index (κ3) is 3.70. The van der Waals surface area contributed by atoms with Gasteiger partial charge in [-0.1, -0.05) is 0 Å². The van der Waals surface area contributed by atoms with Crippen molar-refractivity contribution in [3.05, 3.63) is 45.9 Å². The van der Waals surface area contributed by atoms with Crippen LogP contribution in [0.25, 0.3) is 5.70 Å². The van der Waals surface area contributed by atoms with Crippen molar-refractivity contribution in [3.63, 3.8) is 0 Å². The molecule has 2 aliphatic rings. The number of ether oxygens (including phenoxy) is 1. The van der Waals surface area contributed by atoms with Gasteiger partial charge in [0, 0.05) is 22.3 Å². The van der Waals surface area contributed by atoms with Crippen LogP contribution in [0.5, 0.6) is 5.88 Å². The van der Waals surface area contributed by atoms with Gasteiger partial charge in [0.25, 0.3) is 0 Å². The summed E-state index contributed by atoms with van der Waals surface area (Å²) in [4.78, 5) is 18.4. The van der Waals surface area contributed by atoms with Crippen LogP contribution in [0.3, 0.4) is 0 Å². The lowest BCUT2D eigenvalue weighted by Crippen LogP contribution is -2.31. The van der Waals surface area contributed by atoms with Crippen molar-refractivity contribution in [1.82, 2.24) is 9.88 Å². The molecule has 1 fully saturated rings. The van der Waals surface area contributed by atoms with Crippen LogP contribution in [0.4, 0.5) is 10.5 Å². The van der Waals surface area contributed by atoms with Crippen molar-refractivity contribution in [2.45, 2.75) is 51.4 Å².